The Hall–Kier alpha value is -6.54. The van der Waals surface area contributed by atoms with E-state index in [-0.39, 0.29) is 82.3 Å². The van der Waals surface area contributed by atoms with Crippen molar-refractivity contribution < 1.29 is 71.1 Å². The molecule has 0 bridgehead atoms. The summed E-state index contributed by atoms with van der Waals surface area (Å²) in [5.74, 6) is -10.0. The average Bonchev–Trinajstić information content (AvgIpc) is 0.837. The highest BCUT2D eigenvalue weighted by molar-refractivity contribution is 6.00. The van der Waals surface area contributed by atoms with E-state index in [0.29, 0.717) is 70.9 Å². The molecule has 0 radical (unpaired) electrons. The fraction of sp³-hybridized carbons (Fsp3) is 0.826. The third-order valence-corrected chi connectivity index (χ3v) is 21.4. The number of carbonyl (C=O) groups is 12. The van der Waals surface area contributed by atoms with Gasteiger partial charge < -0.3 is 65.2 Å². The largest absolute Gasteiger partial charge is 0.381 e. The van der Waals surface area contributed by atoms with Crippen LogP contribution < -0.4 is 21.3 Å². The van der Waals surface area contributed by atoms with Gasteiger partial charge in [0.2, 0.25) is 70.9 Å². The van der Waals surface area contributed by atoms with Crippen molar-refractivity contribution >= 4 is 70.9 Å². The number of alkyl halides is 2. The van der Waals surface area contributed by atoms with Gasteiger partial charge in [-0.15, -0.1) is 0 Å². The molecular formula is C69H116F2N12O13. The van der Waals surface area contributed by atoms with E-state index in [1.165, 1.54) is 82.7 Å². The lowest BCUT2D eigenvalue weighted by molar-refractivity contribution is -0.160. The van der Waals surface area contributed by atoms with Crippen molar-refractivity contribution in [2.75, 3.05) is 75.6 Å². The van der Waals surface area contributed by atoms with Gasteiger partial charge in [-0.3, -0.25) is 57.5 Å². The van der Waals surface area contributed by atoms with Crippen molar-refractivity contribution in [3.8, 4) is 0 Å². The maximum atomic E-state index is 15.8. The summed E-state index contributed by atoms with van der Waals surface area (Å²) in [6.45, 7) is 15.5. The normalized spacial score (nSPS) is 31.5. The zero-order chi connectivity index (χ0) is 71.8. The Morgan fingerprint density at radius 1 is 0.646 bits per heavy atom. The van der Waals surface area contributed by atoms with Crippen molar-refractivity contribution in [1.82, 2.24) is 60.5 Å². The number of fused-ring (bicyclic) bond motifs is 1. The molecule has 0 aromatic carbocycles. The minimum absolute atomic E-state index is 0.00911. The summed E-state index contributed by atoms with van der Waals surface area (Å²) in [5, 5.41) is 11.2. The Balaban J connectivity index is 1.61. The lowest BCUT2D eigenvalue weighted by Crippen LogP contribution is -2.65. The molecule has 3 aliphatic heterocycles. The molecule has 5 rings (SSSR count). The molecule has 0 spiro atoms. The summed E-state index contributed by atoms with van der Waals surface area (Å²) < 4.78 is 36.5. The Kier molecular flexibility index (Phi) is 30.3. The minimum Gasteiger partial charge on any atom is -0.381 e. The van der Waals surface area contributed by atoms with E-state index < -0.39 is 168 Å². The van der Waals surface area contributed by atoms with Crippen LogP contribution in [0.1, 0.15) is 191 Å². The zero-order valence-corrected chi connectivity index (χ0v) is 60.3. The van der Waals surface area contributed by atoms with Gasteiger partial charge in [-0.1, -0.05) is 60.8 Å². The van der Waals surface area contributed by atoms with Gasteiger partial charge in [-0.2, -0.15) is 0 Å². The van der Waals surface area contributed by atoms with Crippen LogP contribution in [0.15, 0.2) is 0 Å². The molecule has 0 aromatic rings. The van der Waals surface area contributed by atoms with Crippen molar-refractivity contribution in [2.24, 2.45) is 23.7 Å². The molecule has 4 N–H and O–H groups in total. The standard InChI is InChI=1S/C69H116F2N12O13/c1-17-20-24-49-63(90)81(15)69(8,9)68(95)74-51(35-41(4)5)62(89)79(13)55(66(93)82-32-22-21-23-33-82)39-57(85)78(12)52(19-3)60(87)75-58(42(6)18-2)67(94)77(11)43(7)61(88)83-34-31-53(83)65(92)80(14)54(36-44-25-28-47(96-16)29-26-44)64(91)76(10)40-56(84)72-50(59(86)73-49)38-45-37-46(70)27-30-48(45)71/h41-55,58H,17-40H2,1-16H3,(H,72,84)(H,73,86)(H,74,95)(H,75,87)/t42-,43-,44?,45?,46?,47?,48?,49-,50-,51-,52-,53-,54-,55-,58-/m0/s1. The fourth-order valence-corrected chi connectivity index (χ4v) is 14.0. The lowest BCUT2D eigenvalue weighted by atomic mass is 9.82. The number of likely N-dealkylation sites (N-methyl/N-ethyl adjacent to an activating group) is 6. The zero-order valence-electron chi connectivity index (χ0n) is 60.3. The van der Waals surface area contributed by atoms with E-state index in [2.05, 4.69) is 21.3 Å². The number of nitrogens with one attached hydrogen (secondary N) is 4. The van der Waals surface area contributed by atoms with Gasteiger partial charge in [0.15, 0.2) is 0 Å². The number of hydrogen-bond donors (Lipinski definition) is 4. The van der Waals surface area contributed by atoms with Crippen molar-refractivity contribution in [3.63, 3.8) is 0 Å². The number of nitrogens with zero attached hydrogens (tertiary/aromatic N) is 8. The number of methoxy groups -OCH3 is 1. The molecule has 3 unspecified atom stereocenters. The van der Waals surface area contributed by atoms with Gasteiger partial charge in [0.1, 0.15) is 72.3 Å². The maximum Gasteiger partial charge on any atom is 0.246 e. The molecule has 2 saturated carbocycles. The van der Waals surface area contributed by atoms with Gasteiger partial charge in [0.25, 0.3) is 0 Å². The third-order valence-electron chi connectivity index (χ3n) is 21.4. The first-order valence-corrected chi connectivity index (χ1v) is 35.3. The number of amides is 12. The molecule has 0 aromatic heterocycles. The fourth-order valence-electron chi connectivity index (χ4n) is 14.0. The maximum absolute atomic E-state index is 15.8. The number of halogens is 2. The van der Waals surface area contributed by atoms with Gasteiger partial charge >= 0.3 is 0 Å². The van der Waals surface area contributed by atoms with Gasteiger partial charge in [0.05, 0.1) is 19.1 Å². The summed E-state index contributed by atoms with van der Waals surface area (Å²) in [5.41, 5.74) is -1.75. The minimum atomic E-state index is -1.75. The number of unbranched alkanes of at least 4 members (excludes halogenated alkanes) is 1. The van der Waals surface area contributed by atoms with E-state index in [9.17, 15) is 52.7 Å². The van der Waals surface area contributed by atoms with Crippen molar-refractivity contribution in [2.45, 2.75) is 269 Å². The van der Waals surface area contributed by atoms with Crippen LogP contribution in [0.3, 0.4) is 0 Å². The molecular weight excluding hydrogens is 1240 g/mol. The lowest BCUT2D eigenvalue weighted by Gasteiger charge is -2.45. The number of ether oxygens (including phenoxy) is 1. The predicted molar refractivity (Wildman–Crippen MR) is 357 cm³/mol. The first-order valence-electron chi connectivity index (χ1n) is 35.3. The Labute approximate surface area is 568 Å². The highest BCUT2D eigenvalue weighted by Gasteiger charge is 2.48. The van der Waals surface area contributed by atoms with Gasteiger partial charge in [-0.25, -0.2) is 8.78 Å². The number of hydrogen-bond acceptors (Lipinski definition) is 13. The number of rotatable bonds is 14. The highest BCUT2D eigenvalue weighted by Crippen LogP contribution is 2.34. The van der Waals surface area contributed by atoms with Crippen molar-refractivity contribution in [1.29, 1.82) is 0 Å². The van der Waals surface area contributed by atoms with Crippen molar-refractivity contribution in [3.05, 3.63) is 0 Å². The molecule has 3 saturated heterocycles. The second kappa shape index (κ2) is 36.3. The van der Waals surface area contributed by atoms with Crippen LogP contribution in [0.5, 0.6) is 0 Å². The van der Waals surface area contributed by atoms with E-state index in [0.717, 1.165) is 21.1 Å². The number of piperidine rings is 1. The number of carbonyl (C=O) groups excluding carboxylic acids is 12. The molecule has 25 nitrogen and oxygen atoms in total. The predicted octanol–water partition coefficient (Wildman–Crippen LogP) is 4.12. The SMILES string of the molecule is CCCC[C@@H]1NC(=O)[C@H](CC2CC(F)CCC2F)NC(=O)CN(C)C(=O)[C@H](CC2CCC(OC)CC2)N(C)C(=O)[C@@H]2CCN2C(=O)[C@H](C)N(C)C(=O)[C@H]([C@@H](C)CC)NC(=O)[C@H](CC)N(C)C(=O)C[C@@H](C(=O)N2CCCCC2)N(C)C(=O)[C@H](CC(C)C)NC(=O)C(C)(C)N(C)C1=O. The summed E-state index contributed by atoms with van der Waals surface area (Å²) in [4.78, 5) is 187. The van der Waals surface area contributed by atoms with Gasteiger partial charge in [-0.05, 0) is 147 Å². The van der Waals surface area contributed by atoms with Crippen LogP contribution in [0.2, 0.25) is 0 Å². The van der Waals surface area contributed by atoms with Crippen LogP contribution in [0.4, 0.5) is 8.78 Å². The van der Waals surface area contributed by atoms with Gasteiger partial charge in [0, 0.05) is 69.0 Å². The average molecular weight is 1360 g/mol. The van der Waals surface area contributed by atoms with Crippen LogP contribution in [-0.2, 0) is 62.3 Å². The van der Waals surface area contributed by atoms with Crippen LogP contribution >= 0.6 is 0 Å². The molecule has 5 aliphatic rings. The van der Waals surface area contributed by atoms with Crippen LogP contribution in [0, 0.1) is 23.7 Å². The first-order chi connectivity index (χ1) is 45.1. The highest BCUT2D eigenvalue weighted by atomic mass is 19.1. The summed E-state index contributed by atoms with van der Waals surface area (Å²) in [6.07, 6.45) is 2.68. The smallest absolute Gasteiger partial charge is 0.246 e. The first kappa shape index (κ1) is 80.1. The Morgan fingerprint density at radius 2 is 1.29 bits per heavy atom. The Bertz CT molecular complexity index is 2730. The second-order valence-electron chi connectivity index (χ2n) is 28.9. The number of likely N-dealkylation sites (tertiary alicyclic amines) is 1. The van der Waals surface area contributed by atoms with E-state index in [1.807, 2.05) is 27.7 Å². The molecule has 13 atom stereocenters. The van der Waals surface area contributed by atoms with Crippen LogP contribution in [-0.4, -0.2) is 264 Å². The topological polar surface area (TPSA) is 288 Å². The summed E-state index contributed by atoms with van der Waals surface area (Å²) >= 11 is 0. The third kappa shape index (κ3) is 20.3. The molecule has 12 amide bonds. The molecule has 2 aliphatic carbocycles. The molecule has 544 valence electrons. The quantitative estimate of drug-likeness (QED) is 0.191. The molecule has 5 fully saturated rings. The van der Waals surface area contributed by atoms with Crippen LogP contribution in [0.25, 0.3) is 0 Å². The molecule has 3 heterocycles. The second-order valence-corrected chi connectivity index (χ2v) is 28.9. The molecule has 96 heavy (non-hydrogen) atoms. The molecule has 27 heteroatoms. The summed E-state index contributed by atoms with van der Waals surface area (Å²) in [7, 11) is 10.0. The Morgan fingerprint density at radius 3 is 1.86 bits per heavy atom. The monoisotopic (exact) mass is 1360 g/mol. The van der Waals surface area contributed by atoms with E-state index >= 15 is 13.6 Å². The van der Waals surface area contributed by atoms with E-state index in [4.69, 9.17) is 4.74 Å². The summed E-state index contributed by atoms with van der Waals surface area (Å²) in [6, 6.07) is -11.4. The van der Waals surface area contributed by atoms with E-state index in [1.54, 1.807) is 25.9 Å².